The van der Waals surface area contributed by atoms with E-state index < -0.39 is 5.82 Å². The highest BCUT2D eigenvalue weighted by Gasteiger charge is 2.07. The van der Waals surface area contributed by atoms with Gasteiger partial charge in [0.05, 0.1) is 18.0 Å². The number of nitrogen functional groups attached to an aromatic ring is 1. The summed E-state index contributed by atoms with van der Waals surface area (Å²) in [4.78, 5) is 13.4. The Kier molecular flexibility index (Phi) is 5.54. The lowest BCUT2D eigenvalue weighted by molar-refractivity contribution is -0.116. The van der Waals surface area contributed by atoms with E-state index in [1.807, 2.05) is 11.9 Å². The first kappa shape index (κ1) is 14.4. The Hall–Kier alpha value is -1.66. The molecule has 4 N–H and O–H groups in total. The fourth-order valence-electron chi connectivity index (χ4n) is 1.44. The number of anilines is 2. The Morgan fingerprint density at radius 1 is 1.50 bits per heavy atom. The van der Waals surface area contributed by atoms with E-state index in [4.69, 9.17) is 10.8 Å². The fourth-order valence-corrected chi connectivity index (χ4v) is 1.44. The Morgan fingerprint density at radius 3 is 2.83 bits per heavy atom. The Bertz CT molecular complexity index is 412. The number of nitrogens with two attached hydrogens (primary N) is 1. The van der Waals surface area contributed by atoms with Gasteiger partial charge in [-0.15, -0.1) is 0 Å². The third-order valence-electron chi connectivity index (χ3n) is 2.49. The van der Waals surface area contributed by atoms with Gasteiger partial charge in [0.25, 0.3) is 0 Å². The van der Waals surface area contributed by atoms with E-state index in [1.54, 1.807) is 0 Å². The van der Waals surface area contributed by atoms with Crippen LogP contribution in [0.25, 0.3) is 0 Å². The van der Waals surface area contributed by atoms with Crippen molar-refractivity contribution < 1.29 is 14.3 Å². The number of likely N-dealkylation sites (N-methyl/N-ethyl adjacent to an activating group) is 1. The van der Waals surface area contributed by atoms with Crippen molar-refractivity contribution in [2.45, 2.75) is 6.42 Å². The Labute approximate surface area is 105 Å². The number of halogens is 1. The number of nitrogens with one attached hydrogen (secondary N) is 1. The van der Waals surface area contributed by atoms with Crippen molar-refractivity contribution in [3.8, 4) is 0 Å². The molecule has 1 amide bonds. The van der Waals surface area contributed by atoms with Gasteiger partial charge >= 0.3 is 0 Å². The van der Waals surface area contributed by atoms with Crippen molar-refractivity contribution in [2.24, 2.45) is 0 Å². The number of hydrogen-bond donors (Lipinski definition) is 3. The van der Waals surface area contributed by atoms with Crippen molar-refractivity contribution in [1.82, 2.24) is 4.90 Å². The predicted octanol–water partition coefficient (Wildman–Crippen LogP) is 0.661. The molecule has 0 spiro atoms. The topological polar surface area (TPSA) is 78.6 Å². The van der Waals surface area contributed by atoms with E-state index in [2.05, 4.69) is 5.32 Å². The lowest BCUT2D eigenvalue weighted by Crippen LogP contribution is -2.26. The van der Waals surface area contributed by atoms with E-state index in [9.17, 15) is 9.18 Å². The molecular weight excluding hydrogens is 237 g/mol. The maximum absolute atomic E-state index is 12.8. The molecule has 18 heavy (non-hydrogen) atoms. The molecule has 0 unspecified atom stereocenters. The van der Waals surface area contributed by atoms with Crippen LogP contribution in [-0.4, -0.2) is 42.7 Å². The lowest BCUT2D eigenvalue weighted by Gasteiger charge is -2.14. The first-order valence-corrected chi connectivity index (χ1v) is 5.67. The van der Waals surface area contributed by atoms with Crippen LogP contribution in [0, 0.1) is 5.82 Å². The summed E-state index contributed by atoms with van der Waals surface area (Å²) in [6, 6.07) is 3.83. The number of benzene rings is 1. The van der Waals surface area contributed by atoms with E-state index in [-0.39, 0.29) is 24.6 Å². The SMILES string of the molecule is CN(CCO)CCC(=O)Nc1ccc(F)cc1N. The van der Waals surface area contributed by atoms with Crippen molar-refractivity contribution in [1.29, 1.82) is 0 Å². The molecule has 1 aromatic rings. The van der Waals surface area contributed by atoms with Crippen LogP contribution in [0.2, 0.25) is 0 Å². The molecule has 6 heteroatoms. The number of amides is 1. The standard InChI is InChI=1S/C12H18FN3O2/c1-16(6-7-17)5-4-12(18)15-11-3-2-9(13)8-10(11)14/h2-3,8,17H,4-7,14H2,1H3,(H,15,18). The van der Waals surface area contributed by atoms with Crippen molar-refractivity contribution in [3.63, 3.8) is 0 Å². The highest BCUT2D eigenvalue weighted by molar-refractivity contribution is 5.93. The zero-order valence-corrected chi connectivity index (χ0v) is 10.3. The van der Waals surface area contributed by atoms with Crippen molar-refractivity contribution in [2.75, 3.05) is 37.8 Å². The average molecular weight is 255 g/mol. The summed E-state index contributed by atoms with van der Waals surface area (Å²) in [5, 5.41) is 11.3. The molecule has 0 bridgehead atoms. The fraction of sp³-hybridized carbons (Fsp3) is 0.417. The van der Waals surface area contributed by atoms with Gasteiger partial charge in [-0.25, -0.2) is 4.39 Å². The molecule has 0 aliphatic carbocycles. The third kappa shape index (κ3) is 4.68. The molecular formula is C12H18FN3O2. The van der Waals surface area contributed by atoms with Gasteiger partial charge in [0, 0.05) is 19.5 Å². The van der Waals surface area contributed by atoms with E-state index >= 15 is 0 Å². The number of carbonyl (C=O) groups is 1. The molecule has 5 nitrogen and oxygen atoms in total. The molecule has 0 aliphatic heterocycles. The summed E-state index contributed by atoms with van der Waals surface area (Å²) >= 11 is 0. The molecule has 1 rings (SSSR count). The van der Waals surface area contributed by atoms with Gasteiger partial charge in [-0.05, 0) is 25.2 Å². The molecule has 0 fully saturated rings. The van der Waals surface area contributed by atoms with Crippen LogP contribution in [0.1, 0.15) is 6.42 Å². The molecule has 0 saturated carbocycles. The number of aliphatic hydroxyl groups is 1. The van der Waals surface area contributed by atoms with E-state index in [1.165, 1.54) is 12.1 Å². The molecule has 0 radical (unpaired) electrons. The van der Waals surface area contributed by atoms with E-state index in [0.717, 1.165) is 6.07 Å². The second-order valence-corrected chi connectivity index (χ2v) is 4.06. The number of aliphatic hydroxyl groups excluding tert-OH is 1. The second kappa shape index (κ2) is 6.93. The molecule has 100 valence electrons. The molecule has 0 aromatic heterocycles. The minimum Gasteiger partial charge on any atom is -0.397 e. The molecule has 0 heterocycles. The number of carbonyl (C=O) groups excluding carboxylic acids is 1. The van der Waals surface area contributed by atoms with Crippen LogP contribution >= 0.6 is 0 Å². The van der Waals surface area contributed by atoms with Crippen LogP contribution in [0.15, 0.2) is 18.2 Å². The number of rotatable bonds is 6. The minimum atomic E-state index is -0.437. The van der Waals surface area contributed by atoms with E-state index in [0.29, 0.717) is 18.8 Å². The van der Waals surface area contributed by atoms with Gasteiger partial charge in [0.15, 0.2) is 0 Å². The second-order valence-electron chi connectivity index (χ2n) is 4.06. The van der Waals surface area contributed by atoms with Crippen molar-refractivity contribution >= 4 is 17.3 Å². The van der Waals surface area contributed by atoms with Gasteiger partial charge < -0.3 is 21.1 Å². The first-order chi connectivity index (χ1) is 8.52. The normalized spacial score (nSPS) is 10.7. The summed E-state index contributed by atoms with van der Waals surface area (Å²) in [7, 11) is 1.82. The van der Waals surface area contributed by atoms with Crippen molar-refractivity contribution in [3.05, 3.63) is 24.0 Å². The molecule has 0 atom stereocenters. The minimum absolute atomic E-state index is 0.0586. The zero-order valence-electron chi connectivity index (χ0n) is 10.3. The summed E-state index contributed by atoms with van der Waals surface area (Å²) < 4.78 is 12.8. The highest BCUT2D eigenvalue weighted by atomic mass is 19.1. The maximum Gasteiger partial charge on any atom is 0.225 e. The largest absolute Gasteiger partial charge is 0.397 e. The maximum atomic E-state index is 12.8. The third-order valence-corrected chi connectivity index (χ3v) is 2.49. The summed E-state index contributed by atoms with van der Waals surface area (Å²) in [5.74, 6) is -0.633. The van der Waals surface area contributed by atoms with Gasteiger partial charge in [0.1, 0.15) is 5.82 Å². The van der Waals surface area contributed by atoms with Gasteiger partial charge in [-0.1, -0.05) is 0 Å². The van der Waals surface area contributed by atoms with Crippen LogP contribution in [0.3, 0.4) is 0 Å². The summed E-state index contributed by atoms with van der Waals surface area (Å²) in [5.41, 5.74) is 6.18. The lowest BCUT2D eigenvalue weighted by atomic mass is 10.2. The van der Waals surface area contributed by atoms with Crippen LogP contribution in [0.4, 0.5) is 15.8 Å². The highest BCUT2D eigenvalue weighted by Crippen LogP contribution is 2.19. The van der Waals surface area contributed by atoms with Crippen LogP contribution in [-0.2, 0) is 4.79 Å². The first-order valence-electron chi connectivity index (χ1n) is 5.67. The molecule has 0 aliphatic rings. The zero-order chi connectivity index (χ0) is 13.5. The average Bonchev–Trinajstić information content (AvgIpc) is 2.31. The molecule has 0 saturated heterocycles. The Balaban J connectivity index is 2.44. The summed E-state index contributed by atoms with van der Waals surface area (Å²) in [6.07, 6.45) is 0.285. The molecule has 1 aromatic carbocycles. The number of hydrogen-bond acceptors (Lipinski definition) is 4. The van der Waals surface area contributed by atoms with Crippen LogP contribution in [0.5, 0.6) is 0 Å². The smallest absolute Gasteiger partial charge is 0.225 e. The Morgan fingerprint density at radius 2 is 2.22 bits per heavy atom. The van der Waals surface area contributed by atoms with Gasteiger partial charge in [0.2, 0.25) is 5.91 Å². The van der Waals surface area contributed by atoms with Crippen LogP contribution < -0.4 is 11.1 Å². The monoisotopic (exact) mass is 255 g/mol. The number of nitrogens with zero attached hydrogens (tertiary/aromatic N) is 1. The van der Waals surface area contributed by atoms with Gasteiger partial charge in [-0.3, -0.25) is 4.79 Å². The summed E-state index contributed by atoms with van der Waals surface area (Å²) in [6.45, 7) is 1.11. The predicted molar refractivity (Wildman–Crippen MR) is 68.6 cm³/mol. The quantitative estimate of drug-likeness (QED) is 0.652. The van der Waals surface area contributed by atoms with Gasteiger partial charge in [-0.2, -0.15) is 0 Å².